The maximum absolute atomic E-state index is 5.73. The Balaban J connectivity index is 2.12. The van der Waals surface area contributed by atoms with Gasteiger partial charge in [0, 0.05) is 0 Å². The fourth-order valence-corrected chi connectivity index (χ4v) is 1.87. The van der Waals surface area contributed by atoms with Gasteiger partial charge in [-0.15, -0.1) is 0 Å². The molecule has 0 unspecified atom stereocenters. The molecule has 104 valence electrons. The number of thiocarbonyl (C=S) groups is 1. The maximum Gasteiger partial charge on any atom is 0.145 e. The van der Waals surface area contributed by atoms with Gasteiger partial charge in [-0.3, -0.25) is 0 Å². The Bertz CT molecular complexity index is 598. The molecule has 0 aliphatic heterocycles. The van der Waals surface area contributed by atoms with E-state index >= 15 is 0 Å². The number of hydrogen-bond acceptors (Lipinski definition) is 3. The summed E-state index contributed by atoms with van der Waals surface area (Å²) >= 11 is 4.86. The normalized spacial score (nSPS) is 11.2. The van der Waals surface area contributed by atoms with E-state index in [2.05, 4.69) is 37.9 Å². The van der Waals surface area contributed by atoms with E-state index in [-0.39, 0.29) is 10.4 Å². The highest BCUT2D eigenvalue weighted by Crippen LogP contribution is 2.26. The monoisotopic (exact) mass is 286 g/mol. The zero-order chi connectivity index (χ0) is 14.8. The molecule has 2 aromatic rings. The molecular weight excluding hydrogens is 268 g/mol. The molecule has 2 rings (SSSR count). The van der Waals surface area contributed by atoms with Crippen LogP contribution in [0.2, 0.25) is 0 Å². The van der Waals surface area contributed by atoms with Crippen molar-refractivity contribution in [3.63, 3.8) is 0 Å². The lowest BCUT2D eigenvalue weighted by molar-refractivity contribution is 0.479. The van der Waals surface area contributed by atoms with Gasteiger partial charge in [0.25, 0.3) is 0 Å². The van der Waals surface area contributed by atoms with Crippen molar-refractivity contribution in [2.45, 2.75) is 26.2 Å². The summed E-state index contributed by atoms with van der Waals surface area (Å²) in [6.07, 6.45) is 1.62. The van der Waals surface area contributed by atoms with Crippen molar-refractivity contribution in [1.82, 2.24) is 4.98 Å². The van der Waals surface area contributed by atoms with Gasteiger partial charge in [0.2, 0.25) is 0 Å². The smallest absolute Gasteiger partial charge is 0.145 e. The number of nitrogens with two attached hydrogens (primary N) is 1. The summed E-state index contributed by atoms with van der Waals surface area (Å²) in [4.78, 5) is 4.42. The van der Waals surface area contributed by atoms with Crippen LogP contribution in [0.25, 0.3) is 0 Å². The van der Waals surface area contributed by atoms with Crippen LogP contribution in [0.4, 0.5) is 0 Å². The minimum atomic E-state index is 0.137. The van der Waals surface area contributed by atoms with Gasteiger partial charge in [-0.05, 0) is 35.2 Å². The van der Waals surface area contributed by atoms with Gasteiger partial charge in [-0.1, -0.05) is 45.1 Å². The molecule has 0 radical (unpaired) electrons. The summed E-state index contributed by atoms with van der Waals surface area (Å²) in [5.74, 6) is 1.44. The van der Waals surface area contributed by atoms with Gasteiger partial charge in [-0.25, -0.2) is 4.98 Å². The van der Waals surface area contributed by atoms with Crippen LogP contribution in [0.1, 0.15) is 32.0 Å². The molecule has 3 nitrogen and oxygen atoms in total. The average molecular weight is 286 g/mol. The van der Waals surface area contributed by atoms with Crippen molar-refractivity contribution < 1.29 is 4.74 Å². The van der Waals surface area contributed by atoms with E-state index in [1.165, 1.54) is 5.56 Å². The van der Waals surface area contributed by atoms with Crippen molar-refractivity contribution in [3.8, 4) is 11.5 Å². The highest BCUT2D eigenvalue weighted by Gasteiger charge is 2.13. The van der Waals surface area contributed by atoms with E-state index in [4.69, 9.17) is 22.7 Å². The fourth-order valence-electron chi connectivity index (χ4n) is 1.75. The molecule has 0 saturated carbocycles. The second-order valence-corrected chi connectivity index (χ2v) is 6.06. The Morgan fingerprint density at radius 2 is 1.65 bits per heavy atom. The van der Waals surface area contributed by atoms with Crippen LogP contribution in [-0.4, -0.2) is 9.97 Å². The van der Waals surface area contributed by atoms with E-state index in [9.17, 15) is 0 Å². The average Bonchev–Trinajstić information content (AvgIpc) is 2.39. The van der Waals surface area contributed by atoms with Crippen LogP contribution in [0.5, 0.6) is 11.5 Å². The molecule has 4 heteroatoms. The van der Waals surface area contributed by atoms with Crippen molar-refractivity contribution in [3.05, 3.63) is 53.9 Å². The van der Waals surface area contributed by atoms with Gasteiger partial charge in [0.1, 0.15) is 16.5 Å². The second-order valence-electron chi connectivity index (χ2n) is 5.62. The fraction of sp³-hybridized carbons (Fsp3) is 0.250. The molecule has 2 N–H and O–H groups in total. The molecule has 0 atom stereocenters. The van der Waals surface area contributed by atoms with Gasteiger partial charge in [-0.2, -0.15) is 0 Å². The molecule has 1 aromatic heterocycles. The van der Waals surface area contributed by atoms with E-state index in [0.717, 1.165) is 5.75 Å². The van der Waals surface area contributed by atoms with Crippen molar-refractivity contribution in [1.29, 1.82) is 0 Å². The summed E-state index contributed by atoms with van der Waals surface area (Å²) < 4.78 is 5.73. The summed E-state index contributed by atoms with van der Waals surface area (Å²) in [5.41, 5.74) is 7.50. The summed E-state index contributed by atoms with van der Waals surface area (Å²) in [5, 5.41) is 0. The predicted octanol–water partition coefficient (Wildman–Crippen LogP) is 3.81. The first-order chi connectivity index (χ1) is 9.36. The van der Waals surface area contributed by atoms with Crippen LogP contribution in [-0.2, 0) is 5.41 Å². The summed E-state index contributed by atoms with van der Waals surface area (Å²) in [6, 6.07) is 11.6. The lowest BCUT2D eigenvalue weighted by atomic mass is 9.87. The summed E-state index contributed by atoms with van der Waals surface area (Å²) in [7, 11) is 0. The number of rotatable bonds is 3. The highest BCUT2D eigenvalue weighted by atomic mass is 32.1. The number of nitrogens with zero attached hydrogens (tertiary/aromatic N) is 1. The highest BCUT2D eigenvalue weighted by molar-refractivity contribution is 7.80. The third-order valence-electron chi connectivity index (χ3n) is 2.94. The molecule has 0 fully saturated rings. The molecule has 20 heavy (non-hydrogen) atoms. The van der Waals surface area contributed by atoms with Gasteiger partial charge in [0.15, 0.2) is 0 Å². The maximum atomic E-state index is 5.73. The Morgan fingerprint density at radius 3 is 2.10 bits per heavy atom. The minimum absolute atomic E-state index is 0.137. The van der Waals surface area contributed by atoms with Crippen molar-refractivity contribution >= 4 is 17.2 Å². The molecule has 0 aliphatic rings. The minimum Gasteiger partial charge on any atom is -0.456 e. The topological polar surface area (TPSA) is 48.1 Å². The third kappa shape index (κ3) is 3.54. The van der Waals surface area contributed by atoms with Crippen LogP contribution in [0.15, 0.2) is 42.6 Å². The summed E-state index contributed by atoms with van der Waals surface area (Å²) in [6.45, 7) is 6.55. The number of aromatic nitrogens is 1. The Labute approximate surface area is 124 Å². The predicted molar refractivity (Wildman–Crippen MR) is 85.3 cm³/mol. The molecule has 1 aromatic carbocycles. The van der Waals surface area contributed by atoms with Crippen LogP contribution < -0.4 is 10.5 Å². The lowest BCUT2D eigenvalue weighted by Crippen LogP contribution is -2.11. The van der Waals surface area contributed by atoms with Crippen molar-refractivity contribution in [2.24, 2.45) is 5.73 Å². The number of benzene rings is 1. The van der Waals surface area contributed by atoms with Gasteiger partial charge < -0.3 is 10.5 Å². The second kappa shape index (κ2) is 5.59. The number of hydrogen-bond donors (Lipinski definition) is 1. The molecule has 1 heterocycles. The molecule has 0 bridgehead atoms. The van der Waals surface area contributed by atoms with Crippen LogP contribution >= 0.6 is 12.2 Å². The quantitative estimate of drug-likeness (QED) is 0.872. The zero-order valence-electron chi connectivity index (χ0n) is 11.9. The SMILES string of the molecule is CC(C)(C)c1ccc(Oc2ccc(C(N)=S)nc2)cc1. The van der Waals surface area contributed by atoms with Crippen LogP contribution in [0, 0.1) is 0 Å². The standard InChI is InChI=1S/C16H18N2OS/c1-16(2,3)11-4-6-12(7-5-11)19-13-8-9-14(15(17)20)18-10-13/h4-10H,1-3H3,(H2,17,20). The van der Waals surface area contributed by atoms with Gasteiger partial charge >= 0.3 is 0 Å². The molecular formula is C16H18N2OS. The number of pyridine rings is 1. The molecule has 0 saturated heterocycles. The number of ether oxygens (including phenoxy) is 1. The Morgan fingerprint density at radius 1 is 1.05 bits per heavy atom. The first kappa shape index (κ1) is 14.5. The van der Waals surface area contributed by atoms with Gasteiger partial charge in [0.05, 0.1) is 11.9 Å². The van der Waals surface area contributed by atoms with E-state index < -0.39 is 0 Å². The van der Waals surface area contributed by atoms with E-state index in [1.807, 2.05) is 12.1 Å². The Kier molecular flexibility index (Phi) is 4.04. The molecule has 0 amide bonds. The van der Waals surface area contributed by atoms with Crippen molar-refractivity contribution in [2.75, 3.05) is 0 Å². The van der Waals surface area contributed by atoms with E-state index in [0.29, 0.717) is 11.4 Å². The first-order valence-corrected chi connectivity index (χ1v) is 6.81. The molecule has 0 aliphatic carbocycles. The van der Waals surface area contributed by atoms with Crippen LogP contribution in [0.3, 0.4) is 0 Å². The third-order valence-corrected chi connectivity index (χ3v) is 3.15. The first-order valence-electron chi connectivity index (χ1n) is 6.40. The Hall–Kier alpha value is -1.94. The molecule has 0 spiro atoms. The van der Waals surface area contributed by atoms with E-state index in [1.54, 1.807) is 18.3 Å². The largest absolute Gasteiger partial charge is 0.456 e. The zero-order valence-corrected chi connectivity index (χ0v) is 12.7. The lowest BCUT2D eigenvalue weighted by Gasteiger charge is -2.19.